The monoisotopic (exact) mass is 443 g/mol. The summed E-state index contributed by atoms with van der Waals surface area (Å²) in [5.74, 6) is 1.57. The van der Waals surface area contributed by atoms with E-state index in [0.717, 1.165) is 37.1 Å². The van der Waals surface area contributed by atoms with Gasteiger partial charge in [-0.15, -0.1) is 0 Å². The van der Waals surface area contributed by atoms with Gasteiger partial charge in [0.15, 0.2) is 0 Å². The summed E-state index contributed by atoms with van der Waals surface area (Å²) in [6.45, 7) is 7.85. The van der Waals surface area contributed by atoms with E-state index in [4.69, 9.17) is 4.74 Å². The average Bonchev–Trinajstić information content (AvgIpc) is 2.82. The van der Waals surface area contributed by atoms with E-state index in [9.17, 15) is 9.59 Å². The number of nitrogens with zero attached hydrogens (tertiary/aromatic N) is 2. The number of benzene rings is 2. The Balaban J connectivity index is 1.34. The van der Waals surface area contributed by atoms with E-state index in [2.05, 4.69) is 17.2 Å². The molecule has 2 aromatic carbocycles. The number of carbonyl (C=O) groups is 2. The molecule has 0 radical (unpaired) electrons. The minimum Gasteiger partial charge on any atom is -0.439 e. The number of ether oxygens (including phenoxy) is 1. The summed E-state index contributed by atoms with van der Waals surface area (Å²) >= 11 is 0. The van der Waals surface area contributed by atoms with Crippen LogP contribution in [0.4, 0.5) is 5.69 Å². The van der Waals surface area contributed by atoms with Gasteiger partial charge in [-0.25, -0.2) is 4.98 Å². The van der Waals surface area contributed by atoms with Gasteiger partial charge >= 0.3 is 0 Å². The summed E-state index contributed by atoms with van der Waals surface area (Å²) in [5.41, 5.74) is 4.07. The molecule has 0 saturated carbocycles. The van der Waals surface area contributed by atoms with Crippen LogP contribution in [-0.2, 0) is 0 Å². The first kappa shape index (κ1) is 22.5. The standard InChI is InChI=1S/C27H29N3O3/c1-18-12-14-30(15-13-18)27(32)21-6-9-24(10-7-21)33-25-11-8-23(17-28-25)29-26(31)22-5-4-19(2)20(3)16-22/h4-11,16-18H,12-15H2,1-3H3,(H,29,31). The van der Waals surface area contributed by atoms with Crippen molar-refractivity contribution in [2.24, 2.45) is 5.92 Å². The Bertz CT molecular complexity index is 1130. The van der Waals surface area contributed by atoms with Crippen molar-refractivity contribution in [3.05, 3.63) is 83.0 Å². The molecule has 2 heterocycles. The molecule has 0 bridgehead atoms. The van der Waals surface area contributed by atoms with Gasteiger partial charge in [0.2, 0.25) is 5.88 Å². The number of piperidine rings is 1. The molecule has 0 spiro atoms. The second-order valence-corrected chi connectivity index (χ2v) is 8.74. The molecule has 3 aromatic rings. The highest BCUT2D eigenvalue weighted by atomic mass is 16.5. The van der Waals surface area contributed by atoms with Crippen molar-refractivity contribution in [3.8, 4) is 11.6 Å². The van der Waals surface area contributed by atoms with Gasteiger partial charge in [0.05, 0.1) is 11.9 Å². The Morgan fingerprint density at radius 2 is 1.64 bits per heavy atom. The molecule has 1 aliphatic rings. The third-order valence-corrected chi connectivity index (χ3v) is 6.16. The van der Waals surface area contributed by atoms with Gasteiger partial charge in [0, 0.05) is 30.3 Å². The lowest BCUT2D eigenvalue weighted by Gasteiger charge is -2.30. The topological polar surface area (TPSA) is 71.5 Å². The molecule has 1 aromatic heterocycles. The van der Waals surface area contributed by atoms with E-state index < -0.39 is 0 Å². The second kappa shape index (κ2) is 9.86. The lowest BCUT2D eigenvalue weighted by molar-refractivity contribution is 0.0697. The van der Waals surface area contributed by atoms with E-state index in [1.807, 2.05) is 36.9 Å². The Labute approximate surface area is 194 Å². The minimum atomic E-state index is -0.183. The maximum Gasteiger partial charge on any atom is 0.255 e. The van der Waals surface area contributed by atoms with Crippen LogP contribution in [0.15, 0.2) is 60.8 Å². The first-order valence-electron chi connectivity index (χ1n) is 11.3. The molecule has 0 aliphatic carbocycles. The Morgan fingerprint density at radius 3 is 2.27 bits per heavy atom. The number of nitrogens with one attached hydrogen (secondary N) is 1. The lowest BCUT2D eigenvalue weighted by atomic mass is 9.98. The van der Waals surface area contributed by atoms with Crippen molar-refractivity contribution >= 4 is 17.5 Å². The molecule has 4 rings (SSSR count). The third kappa shape index (κ3) is 5.58. The van der Waals surface area contributed by atoms with Crippen LogP contribution in [-0.4, -0.2) is 34.8 Å². The van der Waals surface area contributed by atoms with Crippen molar-refractivity contribution in [3.63, 3.8) is 0 Å². The van der Waals surface area contributed by atoms with Gasteiger partial charge in [-0.05, 0) is 86.2 Å². The Hall–Kier alpha value is -3.67. The van der Waals surface area contributed by atoms with Crippen LogP contribution in [0.25, 0.3) is 0 Å². The normalized spacial score (nSPS) is 14.1. The molecule has 33 heavy (non-hydrogen) atoms. The summed E-state index contributed by atoms with van der Waals surface area (Å²) in [6.07, 6.45) is 3.67. The summed E-state index contributed by atoms with van der Waals surface area (Å²) in [4.78, 5) is 31.3. The maximum atomic E-state index is 12.7. The number of hydrogen-bond acceptors (Lipinski definition) is 4. The molecular weight excluding hydrogens is 414 g/mol. The molecule has 6 nitrogen and oxygen atoms in total. The summed E-state index contributed by atoms with van der Waals surface area (Å²) in [7, 11) is 0. The van der Waals surface area contributed by atoms with Crippen molar-refractivity contribution in [1.29, 1.82) is 0 Å². The van der Waals surface area contributed by atoms with Gasteiger partial charge in [-0.2, -0.15) is 0 Å². The molecule has 2 amide bonds. The smallest absolute Gasteiger partial charge is 0.255 e. The summed E-state index contributed by atoms with van der Waals surface area (Å²) in [5, 5.41) is 2.85. The zero-order valence-electron chi connectivity index (χ0n) is 19.3. The van der Waals surface area contributed by atoms with E-state index in [-0.39, 0.29) is 11.8 Å². The number of rotatable bonds is 5. The van der Waals surface area contributed by atoms with Crippen molar-refractivity contribution < 1.29 is 14.3 Å². The zero-order chi connectivity index (χ0) is 23.4. The fourth-order valence-electron chi connectivity index (χ4n) is 3.78. The molecule has 1 saturated heterocycles. The predicted molar refractivity (Wildman–Crippen MR) is 129 cm³/mol. The van der Waals surface area contributed by atoms with Crippen LogP contribution in [0.2, 0.25) is 0 Å². The van der Waals surface area contributed by atoms with Crippen molar-refractivity contribution in [1.82, 2.24) is 9.88 Å². The molecule has 1 fully saturated rings. The Morgan fingerprint density at radius 1 is 0.939 bits per heavy atom. The average molecular weight is 444 g/mol. The van der Waals surface area contributed by atoms with Gasteiger partial charge < -0.3 is 15.0 Å². The first-order chi connectivity index (χ1) is 15.9. The van der Waals surface area contributed by atoms with Crippen LogP contribution in [0.3, 0.4) is 0 Å². The molecule has 1 N–H and O–H groups in total. The van der Waals surface area contributed by atoms with Crippen LogP contribution in [0.5, 0.6) is 11.6 Å². The molecule has 0 atom stereocenters. The number of anilines is 1. The lowest BCUT2D eigenvalue weighted by Crippen LogP contribution is -2.37. The summed E-state index contributed by atoms with van der Waals surface area (Å²) < 4.78 is 5.80. The number of likely N-dealkylation sites (tertiary alicyclic amines) is 1. The van der Waals surface area contributed by atoms with Gasteiger partial charge in [-0.3, -0.25) is 9.59 Å². The number of pyridine rings is 1. The van der Waals surface area contributed by atoms with Crippen LogP contribution < -0.4 is 10.1 Å². The molecule has 1 aliphatic heterocycles. The van der Waals surface area contributed by atoms with Crippen molar-refractivity contribution in [2.45, 2.75) is 33.6 Å². The van der Waals surface area contributed by atoms with Crippen LogP contribution in [0.1, 0.15) is 51.6 Å². The van der Waals surface area contributed by atoms with Crippen molar-refractivity contribution in [2.75, 3.05) is 18.4 Å². The minimum absolute atomic E-state index is 0.0652. The Kier molecular flexibility index (Phi) is 6.73. The maximum absolute atomic E-state index is 12.7. The largest absolute Gasteiger partial charge is 0.439 e. The number of carbonyl (C=O) groups excluding carboxylic acids is 2. The van der Waals surface area contributed by atoms with Gasteiger partial charge in [-0.1, -0.05) is 13.0 Å². The van der Waals surface area contributed by atoms with E-state index >= 15 is 0 Å². The number of amides is 2. The van der Waals surface area contributed by atoms with Gasteiger partial charge in [0.1, 0.15) is 5.75 Å². The zero-order valence-corrected chi connectivity index (χ0v) is 19.3. The number of hydrogen-bond donors (Lipinski definition) is 1. The first-order valence-corrected chi connectivity index (χ1v) is 11.3. The molecule has 0 unspecified atom stereocenters. The quantitative estimate of drug-likeness (QED) is 0.556. The van der Waals surface area contributed by atoms with E-state index in [1.54, 1.807) is 42.6 Å². The SMILES string of the molecule is Cc1ccc(C(=O)Nc2ccc(Oc3ccc(C(=O)N4CCC(C)CC4)cc3)nc2)cc1C. The third-order valence-electron chi connectivity index (χ3n) is 6.16. The predicted octanol–water partition coefficient (Wildman–Crippen LogP) is 5.62. The van der Waals surface area contributed by atoms with Crippen LogP contribution >= 0.6 is 0 Å². The highest BCUT2D eigenvalue weighted by molar-refractivity contribution is 6.04. The van der Waals surface area contributed by atoms with Crippen LogP contribution in [0, 0.1) is 19.8 Å². The molecule has 170 valence electrons. The second-order valence-electron chi connectivity index (χ2n) is 8.74. The molecule has 6 heteroatoms. The number of aryl methyl sites for hydroxylation is 2. The fourth-order valence-corrected chi connectivity index (χ4v) is 3.78. The highest BCUT2D eigenvalue weighted by Crippen LogP contribution is 2.23. The number of aromatic nitrogens is 1. The van der Waals surface area contributed by atoms with E-state index in [0.29, 0.717) is 34.4 Å². The molecular formula is C27H29N3O3. The highest BCUT2D eigenvalue weighted by Gasteiger charge is 2.21. The fraction of sp³-hybridized carbons (Fsp3) is 0.296. The van der Waals surface area contributed by atoms with Gasteiger partial charge in [0.25, 0.3) is 11.8 Å². The summed E-state index contributed by atoms with van der Waals surface area (Å²) in [6, 6.07) is 16.2. The van der Waals surface area contributed by atoms with E-state index in [1.165, 1.54) is 0 Å².